The monoisotopic (exact) mass is 734 g/mol. The molecule has 0 aromatic heterocycles. The molecule has 11 rings (SSSR count). The van der Waals surface area contributed by atoms with Gasteiger partial charge in [0.2, 0.25) is 0 Å². The fraction of sp³-hybridized carbons (Fsp3) is 0. The van der Waals surface area contributed by atoms with Gasteiger partial charge in [0.05, 0.1) is 0 Å². The van der Waals surface area contributed by atoms with Crippen molar-refractivity contribution in [2.24, 2.45) is 0 Å². The summed E-state index contributed by atoms with van der Waals surface area (Å²) in [6.45, 7) is 0. The predicted molar refractivity (Wildman–Crippen MR) is 249 cm³/mol. The van der Waals surface area contributed by atoms with Crippen molar-refractivity contribution in [2.75, 3.05) is 0 Å². The fourth-order valence-electron chi connectivity index (χ4n) is 9.24. The van der Waals surface area contributed by atoms with Crippen molar-refractivity contribution >= 4 is 43.1 Å². The lowest BCUT2D eigenvalue weighted by Gasteiger charge is -2.22. The molecule has 0 saturated carbocycles. The van der Waals surface area contributed by atoms with Gasteiger partial charge in [-0.2, -0.15) is 0 Å². The van der Waals surface area contributed by atoms with Gasteiger partial charge in [-0.1, -0.05) is 218 Å². The largest absolute Gasteiger partial charge is 0.0622 e. The normalized spacial score (nSPS) is 11.4. The van der Waals surface area contributed by atoms with Crippen molar-refractivity contribution in [2.45, 2.75) is 0 Å². The lowest BCUT2D eigenvalue weighted by molar-refractivity contribution is 1.59. The standard InChI is InChI=1S/C58H38/c1-3-17-39(18-4-1)47-27-11-13-29-51(47)57-53-35-33-44(50-32-16-24-42-22-8-10-26-46(42)50)38-56(53)58(52-30-14-12-28-48(52)40-19-5-2-6-20-40)54-36-34-43(37-55(54)57)49-31-15-23-41-21-7-9-25-45(41)49/h1-38H. The SMILES string of the molecule is c1ccc(-c2ccccc2-c2c3ccc(-c4cccc5ccccc45)cc3c(-c3ccccc3-c3ccccc3)c3ccc(-c4cccc5ccccc45)cc23)cc1. The first-order valence-corrected chi connectivity index (χ1v) is 20.1. The van der Waals surface area contributed by atoms with Crippen molar-refractivity contribution in [1.82, 2.24) is 0 Å². The van der Waals surface area contributed by atoms with Crippen LogP contribution < -0.4 is 0 Å². The van der Waals surface area contributed by atoms with Crippen LogP contribution in [0.1, 0.15) is 0 Å². The van der Waals surface area contributed by atoms with Crippen LogP contribution in [-0.2, 0) is 0 Å². The highest BCUT2D eigenvalue weighted by Gasteiger charge is 2.22. The van der Waals surface area contributed by atoms with Crippen LogP contribution in [-0.4, -0.2) is 0 Å². The van der Waals surface area contributed by atoms with Crippen molar-refractivity contribution in [3.63, 3.8) is 0 Å². The first-order valence-electron chi connectivity index (χ1n) is 20.1. The Morgan fingerprint density at radius 3 is 0.966 bits per heavy atom. The zero-order chi connectivity index (χ0) is 38.4. The molecule has 0 heterocycles. The van der Waals surface area contributed by atoms with Crippen molar-refractivity contribution in [3.05, 3.63) is 231 Å². The Labute approximate surface area is 339 Å². The second-order valence-corrected chi connectivity index (χ2v) is 15.1. The van der Waals surface area contributed by atoms with Gasteiger partial charge in [0.25, 0.3) is 0 Å². The van der Waals surface area contributed by atoms with Crippen LogP contribution in [0.5, 0.6) is 0 Å². The van der Waals surface area contributed by atoms with E-state index in [4.69, 9.17) is 0 Å². The van der Waals surface area contributed by atoms with Gasteiger partial charge in [-0.3, -0.25) is 0 Å². The second-order valence-electron chi connectivity index (χ2n) is 15.1. The Bertz CT molecular complexity index is 3080. The number of fused-ring (bicyclic) bond motifs is 4. The third kappa shape index (κ3) is 5.69. The minimum atomic E-state index is 1.20. The van der Waals surface area contributed by atoms with Crippen molar-refractivity contribution < 1.29 is 0 Å². The highest BCUT2D eigenvalue weighted by molar-refractivity contribution is 6.24. The molecule has 0 aliphatic heterocycles. The van der Waals surface area contributed by atoms with E-state index in [1.807, 2.05) is 0 Å². The van der Waals surface area contributed by atoms with Crippen molar-refractivity contribution in [1.29, 1.82) is 0 Å². The molecule has 0 amide bonds. The molecule has 0 saturated heterocycles. The zero-order valence-electron chi connectivity index (χ0n) is 31.9. The Morgan fingerprint density at radius 1 is 0.172 bits per heavy atom. The van der Waals surface area contributed by atoms with Gasteiger partial charge in [0.1, 0.15) is 0 Å². The van der Waals surface area contributed by atoms with Gasteiger partial charge in [-0.25, -0.2) is 0 Å². The summed E-state index contributed by atoms with van der Waals surface area (Å²) in [6.07, 6.45) is 0. The Morgan fingerprint density at radius 2 is 0.517 bits per heavy atom. The molecule has 0 bridgehead atoms. The molecule has 0 fully saturated rings. The molecule has 58 heavy (non-hydrogen) atoms. The summed E-state index contributed by atoms with van der Waals surface area (Å²) in [7, 11) is 0. The summed E-state index contributed by atoms with van der Waals surface area (Å²) < 4.78 is 0. The highest BCUT2D eigenvalue weighted by atomic mass is 14.3. The van der Waals surface area contributed by atoms with Crippen LogP contribution in [0.4, 0.5) is 0 Å². The highest BCUT2D eigenvalue weighted by Crippen LogP contribution is 2.50. The van der Waals surface area contributed by atoms with Gasteiger partial charge in [0.15, 0.2) is 0 Å². The lowest BCUT2D eigenvalue weighted by Crippen LogP contribution is -1.95. The molecular weight excluding hydrogens is 697 g/mol. The lowest BCUT2D eigenvalue weighted by atomic mass is 9.80. The quantitative estimate of drug-likeness (QED) is 0.149. The van der Waals surface area contributed by atoms with Crippen LogP contribution in [0, 0.1) is 0 Å². The smallest absolute Gasteiger partial charge is 0.00199 e. The molecule has 0 aliphatic rings. The van der Waals surface area contributed by atoms with Crippen LogP contribution in [0.2, 0.25) is 0 Å². The summed E-state index contributed by atoms with van der Waals surface area (Å²) in [5, 5.41) is 9.92. The molecule has 0 spiro atoms. The Kier molecular flexibility index (Phi) is 8.26. The van der Waals surface area contributed by atoms with Crippen molar-refractivity contribution in [3.8, 4) is 66.8 Å². The Balaban J connectivity index is 1.31. The second kappa shape index (κ2) is 14.2. The molecule has 0 nitrogen and oxygen atoms in total. The van der Waals surface area contributed by atoms with E-state index in [1.54, 1.807) is 0 Å². The van der Waals surface area contributed by atoms with Gasteiger partial charge in [-0.15, -0.1) is 0 Å². The number of rotatable bonds is 6. The predicted octanol–water partition coefficient (Wildman–Crippen LogP) is 16.3. The van der Waals surface area contributed by atoms with E-state index in [2.05, 4.69) is 231 Å². The van der Waals surface area contributed by atoms with E-state index < -0.39 is 0 Å². The number of hydrogen-bond donors (Lipinski definition) is 0. The van der Waals surface area contributed by atoms with E-state index in [1.165, 1.54) is 110 Å². The van der Waals surface area contributed by atoms with Crippen LogP contribution in [0.15, 0.2) is 231 Å². The van der Waals surface area contributed by atoms with E-state index >= 15 is 0 Å². The van der Waals surface area contributed by atoms with Crippen LogP contribution in [0.3, 0.4) is 0 Å². The molecular formula is C58H38. The molecule has 0 heteroatoms. The molecule has 0 N–H and O–H groups in total. The number of hydrogen-bond acceptors (Lipinski definition) is 0. The van der Waals surface area contributed by atoms with Gasteiger partial charge < -0.3 is 0 Å². The molecule has 270 valence electrons. The van der Waals surface area contributed by atoms with Gasteiger partial charge in [-0.05, 0) is 122 Å². The van der Waals surface area contributed by atoms with E-state index in [9.17, 15) is 0 Å². The third-order valence-corrected chi connectivity index (χ3v) is 11.9. The van der Waals surface area contributed by atoms with Crippen LogP contribution in [0.25, 0.3) is 110 Å². The summed E-state index contributed by atoms with van der Waals surface area (Å²) >= 11 is 0. The maximum absolute atomic E-state index is 2.46. The zero-order valence-corrected chi connectivity index (χ0v) is 31.9. The Hall–Kier alpha value is -7.54. The average molecular weight is 735 g/mol. The minimum absolute atomic E-state index is 1.20. The summed E-state index contributed by atoms with van der Waals surface area (Å²) in [5.41, 5.74) is 14.7. The molecule has 11 aromatic carbocycles. The number of benzene rings is 11. The molecule has 0 aliphatic carbocycles. The maximum Gasteiger partial charge on any atom is -0.00199 e. The van der Waals surface area contributed by atoms with Crippen LogP contribution >= 0.6 is 0 Å². The maximum atomic E-state index is 2.46. The van der Waals surface area contributed by atoms with E-state index in [-0.39, 0.29) is 0 Å². The summed E-state index contributed by atoms with van der Waals surface area (Å²) in [6, 6.07) is 84.7. The minimum Gasteiger partial charge on any atom is -0.0622 e. The fourth-order valence-corrected chi connectivity index (χ4v) is 9.24. The summed E-state index contributed by atoms with van der Waals surface area (Å²) in [5.74, 6) is 0. The molecule has 0 atom stereocenters. The van der Waals surface area contributed by atoms with Gasteiger partial charge >= 0.3 is 0 Å². The van der Waals surface area contributed by atoms with Gasteiger partial charge in [0, 0.05) is 0 Å². The average Bonchev–Trinajstić information content (AvgIpc) is 3.30. The third-order valence-electron chi connectivity index (χ3n) is 11.9. The van der Waals surface area contributed by atoms with E-state index in [0.717, 1.165) is 0 Å². The summed E-state index contributed by atoms with van der Waals surface area (Å²) in [4.78, 5) is 0. The molecule has 0 radical (unpaired) electrons. The first-order chi connectivity index (χ1) is 28.8. The molecule has 11 aromatic rings. The van der Waals surface area contributed by atoms with E-state index in [0.29, 0.717) is 0 Å². The first kappa shape index (κ1) is 33.8. The molecule has 0 unspecified atom stereocenters. The topological polar surface area (TPSA) is 0 Å².